The van der Waals surface area contributed by atoms with E-state index in [1.165, 1.54) is 29.8 Å². The second-order valence-corrected chi connectivity index (χ2v) is 6.25. The molecule has 0 saturated carbocycles. The minimum atomic E-state index is -4.73. The Hall–Kier alpha value is -2.74. The molecule has 8 heteroatoms. The summed E-state index contributed by atoms with van der Waals surface area (Å²) in [7, 11) is 0. The minimum absolute atomic E-state index is 0.265. The van der Waals surface area contributed by atoms with Crippen molar-refractivity contribution in [1.82, 2.24) is 9.80 Å². The van der Waals surface area contributed by atoms with Crippen LogP contribution in [0.2, 0.25) is 0 Å². The summed E-state index contributed by atoms with van der Waals surface area (Å²) in [5.74, 6) is -0.324. The summed E-state index contributed by atoms with van der Waals surface area (Å²) in [6, 6.07) is 15.0. The molecule has 3 rings (SSSR count). The number of ether oxygens (including phenoxy) is 1. The van der Waals surface area contributed by atoms with Crippen molar-refractivity contribution in [3.8, 4) is 5.75 Å². The number of urea groups is 1. The highest BCUT2D eigenvalue weighted by Crippen LogP contribution is 2.24. The van der Waals surface area contributed by atoms with Crippen LogP contribution in [0.1, 0.15) is 5.56 Å². The van der Waals surface area contributed by atoms with E-state index in [0.717, 1.165) is 19.6 Å². The monoisotopic (exact) mass is 379 g/mol. The van der Waals surface area contributed by atoms with Gasteiger partial charge < -0.3 is 15.0 Å². The number of nitrogens with zero attached hydrogens (tertiary/aromatic N) is 2. The fraction of sp³-hybridized carbons (Fsp3) is 0.316. The maximum absolute atomic E-state index is 12.3. The first-order chi connectivity index (χ1) is 12.9. The van der Waals surface area contributed by atoms with Gasteiger partial charge in [0.2, 0.25) is 0 Å². The number of carbonyl (C=O) groups excluding carboxylic acids is 1. The van der Waals surface area contributed by atoms with Crippen LogP contribution in [0.4, 0.5) is 23.7 Å². The van der Waals surface area contributed by atoms with Gasteiger partial charge in [0.1, 0.15) is 5.75 Å². The van der Waals surface area contributed by atoms with Gasteiger partial charge in [0.05, 0.1) is 0 Å². The molecule has 0 unspecified atom stereocenters. The van der Waals surface area contributed by atoms with E-state index in [9.17, 15) is 18.0 Å². The number of benzene rings is 2. The van der Waals surface area contributed by atoms with Crippen LogP contribution in [0.25, 0.3) is 0 Å². The predicted octanol–water partition coefficient (Wildman–Crippen LogP) is 3.93. The SMILES string of the molecule is O=C(Nc1ccc(OC(F)(F)F)cc1)N1CCN(Cc2ccccc2)CC1. The van der Waals surface area contributed by atoms with Gasteiger partial charge in [0, 0.05) is 38.4 Å². The third kappa shape index (κ3) is 5.89. The first-order valence-electron chi connectivity index (χ1n) is 8.57. The van der Waals surface area contributed by atoms with Crippen molar-refractivity contribution in [3.05, 3.63) is 60.2 Å². The molecule has 0 spiro atoms. The maximum Gasteiger partial charge on any atom is 0.573 e. The van der Waals surface area contributed by atoms with Gasteiger partial charge in [-0.15, -0.1) is 13.2 Å². The molecule has 0 atom stereocenters. The van der Waals surface area contributed by atoms with Gasteiger partial charge in [0.25, 0.3) is 0 Å². The molecule has 1 saturated heterocycles. The van der Waals surface area contributed by atoms with Crippen LogP contribution in [0.3, 0.4) is 0 Å². The van der Waals surface area contributed by atoms with Crippen LogP contribution >= 0.6 is 0 Å². The molecule has 1 fully saturated rings. The highest BCUT2D eigenvalue weighted by molar-refractivity contribution is 5.89. The predicted molar refractivity (Wildman–Crippen MR) is 95.4 cm³/mol. The molecule has 0 aromatic heterocycles. The summed E-state index contributed by atoms with van der Waals surface area (Å²) >= 11 is 0. The molecule has 1 N–H and O–H groups in total. The van der Waals surface area contributed by atoms with E-state index in [2.05, 4.69) is 27.1 Å². The summed E-state index contributed by atoms with van der Waals surface area (Å²) in [6.45, 7) is 3.56. The molecule has 1 heterocycles. The Morgan fingerprint density at radius 1 is 0.963 bits per heavy atom. The number of carbonyl (C=O) groups is 1. The van der Waals surface area contributed by atoms with Gasteiger partial charge >= 0.3 is 12.4 Å². The smallest absolute Gasteiger partial charge is 0.406 e. The topological polar surface area (TPSA) is 44.8 Å². The minimum Gasteiger partial charge on any atom is -0.406 e. The molecular weight excluding hydrogens is 359 g/mol. The molecule has 0 bridgehead atoms. The molecule has 1 aliphatic rings. The van der Waals surface area contributed by atoms with Crippen molar-refractivity contribution in [1.29, 1.82) is 0 Å². The Balaban J connectivity index is 1.46. The number of piperazine rings is 1. The Morgan fingerprint density at radius 2 is 1.59 bits per heavy atom. The molecule has 2 aromatic rings. The summed E-state index contributed by atoms with van der Waals surface area (Å²) in [5.41, 5.74) is 1.65. The van der Waals surface area contributed by atoms with Crippen molar-refractivity contribution in [2.75, 3.05) is 31.5 Å². The van der Waals surface area contributed by atoms with Crippen molar-refractivity contribution >= 4 is 11.7 Å². The molecule has 1 aliphatic heterocycles. The average molecular weight is 379 g/mol. The van der Waals surface area contributed by atoms with E-state index < -0.39 is 6.36 Å². The van der Waals surface area contributed by atoms with Gasteiger partial charge in [-0.05, 0) is 29.8 Å². The molecule has 144 valence electrons. The number of anilines is 1. The second-order valence-electron chi connectivity index (χ2n) is 6.25. The first kappa shape index (κ1) is 19.0. The number of rotatable bonds is 4. The third-order valence-electron chi connectivity index (χ3n) is 4.25. The Labute approximate surface area is 155 Å². The highest BCUT2D eigenvalue weighted by atomic mass is 19.4. The summed E-state index contributed by atoms with van der Waals surface area (Å²) in [6.07, 6.45) is -4.73. The molecule has 2 aromatic carbocycles. The number of nitrogens with one attached hydrogen (secondary N) is 1. The molecule has 2 amide bonds. The van der Waals surface area contributed by atoms with E-state index in [0.29, 0.717) is 18.8 Å². The lowest BCUT2D eigenvalue weighted by molar-refractivity contribution is -0.274. The van der Waals surface area contributed by atoms with Crippen LogP contribution in [0, 0.1) is 0 Å². The first-order valence-corrected chi connectivity index (χ1v) is 8.57. The second kappa shape index (κ2) is 8.30. The van der Waals surface area contributed by atoms with Crippen LogP contribution in [0.5, 0.6) is 5.75 Å². The Bertz CT molecular complexity index is 743. The fourth-order valence-electron chi connectivity index (χ4n) is 2.89. The fourth-order valence-corrected chi connectivity index (χ4v) is 2.89. The lowest BCUT2D eigenvalue weighted by Gasteiger charge is -2.34. The van der Waals surface area contributed by atoms with Crippen LogP contribution in [-0.4, -0.2) is 48.4 Å². The average Bonchev–Trinajstić information content (AvgIpc) is 2.63. The molecule has 0 radical (unpaired) electrons. The molecule has 0 aliphatic carbocycles. The van der Waals surface area contributed by atoms with Gasteiger partial charge in [-0.2, -0.15) is 0 Å². The van der Waals surface area contributed by atoms with E-state index >= 15 is 0 Å². The molecular formula is C19H20F3N3O2. The Morgan fingerprint density at radius 3 is 2.19 bits per heavy atom. The summed E-state index contributed by atoms with van der Waals surface area (Å²) in [5, 5.41) is 2.70. The van der Waals surface area contributed by atoms with Crippen LogP contribution in [-0.2, 0) is 6.54 Å². The molecule has 27 heavy (non-hydrogen) atoms. The lowest BCUT2D eigenvalue weighted by Crippen LogP contribution is -2.49. The van der Waals surface area contributed by atoms with Crippen molar-refractivity contribution in [3.63, 3.8) is 0 Å². The highest BCUT2D eigenvalue weighted by Gasteiger charge is 2.31. The number of hydrogen-bond donors (Lipinski definition) is 1. The quantitative estimate of drug-likeness (QED) is 0.875. The number of amides is 2. The normalized spacial score (nSPS) is 15.4. The van der Waals surface area contributed by atoms with Crippen LogP contribution < -0.4 is 10.1 Å². The molecule has 5 nitrogen and oxygen atoms in total. The zero-order valence-electron chi connectivity index (χ0n) is 14.6. The summed E-state index contributed by atoms with van der Waals surface area (Å²) < 4.78 is 40.3. The third-order valence-corrected chi connectivity index (χ3v) is 4.25. The standard InChI is InChI=1S/C19H20F3N3O2/c20-19(21,22)27-17-8-6-16(7-9-17)23-18(26)25-12-10-24(11-13-25)14-15-4-2-1-3-5-15/h1-9H,10-14H2,(H,23,26). The maximum atomic E-state index is 12.3. The number of alkyl halides is 3. The summed E-state index contributed by atoms with van der Waals surface area (Å²) in [4.78, 5) is 16.3. The van der Waals surface area contributed by atoms with E-state index in [-0.39, 0.29) is 11.8 Å². The van der Waals surface area contributed by atoms with Crippen molar-refractivity contribution < 1.29 is 22.7 Å². The van der Waals surface area contributed by atoms with Crippen molar-refractivity contribution in [2.45, 2.75) is 12.9 Å². The van der Waals surface area contributed by atoms with Gasteiger partial charge in [-0.3, -0.25) is 4.90 Å². The van der Waals surface area contributed by atoms with E-state index in [1.54, 1.807) is 4.90 Å². The number of hydrogen-bond acceptors (Lipinski definition) is 3. The van der Waals surface area contributed by atoms with E-state index in [4.69, 9.17) is 0 Å². The largest absolute Gasteiger partial charge is 0.573 e. The van der Waals surface area contributed by atoms with Crippen molar-refractivity contribution in [2.24, 2.45) is 0 Å². The van der Waals surface area contributed by atoms with Crippen LogP contribution in [0.15, 0.2) is 54.6 Å². The zero-order chi connectivity index (χ0) is 19.3. The number of halogens is 3. The lowest BCUT2D eigenvalue weighted by atomic mass is 10.2. The van der Waals surface area contributed by atoms with Gasteiger partial charge in [-0.1, -0.05) is 30.3 Å². The zero-order valence-corrected chi connectivity index (χ0v) is 14.6. The van der Waals surface area contributed by atoms with Gasteiger partial charge in [-0.25, -0.2) is 4.79 Å². The van der Waals surface area contributed by atoms with E-state index in [1.807, 2.05) is 18.2 Å². The van der Waals surface area contributed by atoms with Gasteiger partial charge in [0.15, 0.2) is 0 Å². The Kier molecular flexibility index (Phi) is 5.85.